The summed E-state index contributed by atoms with van der Waals surface area (Å²) in [5.41, 5.74) is 2.64. The molecule has 2 aliphatic carbocycles. The Morgan fingerprint density at radius 1 is 1.23 bits per heavy atom. The third-order valence-electron chi connectivity index (χ3n) is 5.72. The molecule has 3 nitrogen and oxygen atoms in total. The minimum Gasteiger partial charge on any atom is -0.508 e. The van der Waals surface area contributed by atoms with Gasteiger partial charge < -0.3 is 14.6 Å². The Balaban J connectivity index is 1.32. The summed E-state index contributed by atoms with van der Waals surface area (Å²) in [5.74, 6) is 1.75. The van der Waals surface area contributed by atoms with Gasteiger partial charge in [-0.15, -0.1) is 0 Å². The number of benzene rings is 1. The summed E-state index contributed by atoms with van der Waals surface area (Å²) in [7, 11) is 0. The highest BCUT2D eigenvalue weighted by molar-refractivity contribution is 5.33. The molecule has 2 fully saturated rings. The van der Waals surface area contributed by atoms with Gasteiger partial charge in [-0.25, -0.2) is 0 Å². The van der Waals surface area contributed by atoms with E-state index in [4.69, 9.17) is 9.47 Å². The topological polar surface area (TPSA) is 38.7 Å². The van der Waals surface area contributed by atoms with E-state index >= 15 is 0 Å². The predicted molar refractivity (Wildman–Crippen MR) is 84.6 cm³/mol. The number of rotatable bonds is 3. The van der Waals surface area contributed by atoms with E-state index in [-0.39, 0.29) is 11.7 Å². The monoisotopic (exact) mass is 300 g/mol. The molecule has 0 aromatic heterocycles. The van der Waals surface area contributed by atoms with Gasteiger partial charge in [0.1, 0.15) is 5.75 Å². The summed E-state index contributed by atoms with van der Waals surface area (Å²) in [5, 5.41) is 9.47. The maximum atomic E-state index is 9.47. The van der Waals surface area contributed by atoms with Crippen LogP contribution >= 0.6 is 0 Å². The van der Waals surface area contributed by atoms with Crippen molar-refractivity contribution in [1.29, 1.82) is 0 Å². The van der Waals surface area contributed by atoms with Crippen molar-refractivity contribution in [2.75, 3.05) is 13.2 Å². The van der Waals surface area contributed by atoms with Crippen LogP contribution in [0.25, 0.3) is 0 Å². The van der Waals surface area contributed by atoms with Crippen LogP contribution in [0.3, 0.4) is 0 Å². The first-order chi connectivity index (χ1) is 10.6. The molecule has 118 valence electrons. The normalized spacial score (nSPS) is 36.3. The molecular weight excluding hydrogens is 276 g/mol. The van der Waals surface area contributed by atoms with Crippen LogP contribution in [0, 0.1) is 24.2 Å². The van der Waals surface area contributed by atoms with Crippen molar-refractivity contribution < 1.29 is 14.6 Å². The fourth-order valence-electron chi connectivity index (χ4n) is 4.39. The van der Waals surface area contributed by atoms with Crippen LogP contribution < -0.4 is 0 Å². The predicted octanol–water partition coefficient (Wildman–Crippen LogP) is 3.59. The summed E-state index contributed by atoms with van der Waals surface area (Å²) in [4.78, 5) is 0. The van der Waals surface area contributed by atoms with Crippen LogP contribution in [0.15, 0.2) is 30.4 Å². The highest BCUT2D eigenvalue weighted by Crippen LogP contribution is 2.53. The van der Waals surface area contributed by atoms with Gasteiger partial charge in [0, 0.05) is 11.8 Å². The van der Waals surface area contributed by atoms with Crippen molar-refractivity contribution in [2.24, 2.45) is 17.3 Å². The Morgan fingerprint density at radius 2 is 2.05 bits per heavy atom. The zero-order valence-corrected chi connectivity index (χ0v) is 13.1. The molecule has 1 spiro atoms. The second kappa shape index (κ2) is 5.39. The average Bonchev–Trinajstić information content (AvgIpc) is 3.09. The van der Waals surface area contributed by atoms with Crippen LogP contribution in [0.5, 0.6) is 5.75 Å². The van der Waals surface area contributed by atoms with Gasteiger partial charge in [-0.05, 0) is 61.3 Å². The molecular formula is C19H24O3. The molecule has 2 atom stereocenters. The molecule has 1 heterocycles. The molecule has 3 aliphatic rings. The van der Waals surface area contributed by atoms with Crippen LogP contribution in [-0.4, -0.2) is 24.6 Å². The van der Waals surface area contributed by atoms with E-state index in [0.717, 1.165) is 37.5 Å². The van der Waals surface area contributed by atoms with Gasteiger partial charge in [0.15, 0.2) is 6.29 Å². The number of allylic oxidation sites excluding steroid dienone is 2. The number of hydrogen-bond acceptors (Lipinski definition) is 3. The highest BCUT2D eigenvalue weighted by atomic mass is 16.7. The van der Waals surface area contributed by atoms with Crippen molar-refractivity contribution in [3.05, 3.63) is 41.5 Å². The van der Waals surface area contributed by atoms with Gasteiger partial charge in [0.05, 0.1) is 13.2 Å². The van der Waals surface area contributed by atoms with E-state index in [1.165, 1.54) is 18.4 Å². The number of phenols is 1. The minimum atomic E-state index is -0.0815. The molecule has 0 radical (unpaired) electrons. The van der Waals surface area contributed by atoms with E-state index in [9.17, 15) is 5.11 Å². The average molecular weight is 300 g/mol. The SMILES string of the molecule is Cc1cc(O)ccc1CCC1OCC2(CO1)CC1C=CC2C1. The molecule has 3 heteroatoms. The third kappa shape index (κ3) is 2.46. The first-order valence-corrected chi connectivity index (χ1v) is 8.35. The minimum absolute atomic E-state index is 0.0815. The van der Waals surface area contributed by atoms with E-state index in [1.54, 1.807) is 6.07 Å². The number of fused-ring (bicyclic) bond motifs is 3. The molecule has 4 rings (SSSR count). The highest BCUT2D eigenvalue weighted by Gasteiger charge is 2.50. The molecule has 0 amide bonds. The number of aromatic hydroxyl groups is 1. The van der Waals surface area contributed by atoms with E-state index in [0.29, 0.717) is 11.7 Å². The smallest absolute Gasteiger partial charge is 0.157 e. The maximum absolute atomic E-state index is 9.47. The quantitative estimate of drug-likeness (QED) is 0.867. The summed E-state index contributed by atoms with van der Waals surface area (Å²) in [6, 6.07) is 5.56. The Bertz CT molecular complexity index is 584. The van der Waals surface area contributed by atoms with Crippen molar-refractivity contribution >= 4 is 0 Å². The molecule has 1 N–H and O–H groups in total. The lowest BCUT2D eigenvalue weighted by molar-refractivity contribution is -0.236. The number of ether oxygens (including phenoxy) is 2. The second-order valence-corrected chi connectivity index (χ2v) is 7.25. The summed E-state index contributed by atoms with van der Waals surface area (Å²) < 4.78 is 12.1. The van der Waals surface area contributed by atoms with Gasteiger partial charge >= 0.3 is 0 Å². The lowest BCUT2D eigenvalue weighted by Gasteiger charge is -2.41. The largest absolute Gasteiger partial charge is 0.508 e. The van der Waals surface area contributed by atoms with E-state index in [1.807, 2.05) is 19.1 Å². The zero-order chi connectivity index (χ0) is 15.2. The lowest BCUT2D eigenvalue weighted by atomic mass is 9.76. The molecule has 1 aromatic carbocycles. The second-order valence-electron chi connectivity index (χ2n) is 7.25. The van der Waals surface area contributed by atoms with E-state index < -0.39 is 0 Å². The van der Waals surface area contributed by atoms with Crippen LogP contribution in [0.4, 0.5) is 0 Å². The summed E-state index contributed by atoms with van der Waals surface area (Å²) in [6.45, 7) is 3.73. The van der Waals surface area contributed by atoms with Gasteiger partial charge in [0.2, 0.25) is 0 Å². The molecule has 1 aromatic rings. The molecule has 1 aliphatic heterocycles. The molecule has 2 unspecified atom stereocenters. The standard InChI is InChI=1S/C19H24O3/c1-13-8-17(20)6-3-15(13)4-7-18-21-11-19(12-22-18)10-14-2-5-16(19)9-14/h2-3,5-6,8,14,16,18,20H,4,7,9-12H2,1H3. The van der Waals surface area contributed by atoms with E-state index in [2.05, 4.69) is 12.2 Å². The van der Waals surface area contributed by atoms with Gasteiger partial charge in [0.25, 0.3) is 0 Å². The zero-order valence-electron chi connectivity index (χ0n) is 13.1. The lowest BCUT2D eigenvalue weighted by Crippen LogP contribution is -2.44. The fourth-order valence-corrected chi connectivity index (χ4v) is 4.39. The van der Waals surface area contributed by atoms with Gasteiger partial charge in [-0.2, -0.15) is 0 Å². The molecule has 1 saturated heterocycles. The van der Waals surface area contributed by atoms with Gasteiger partial charge in [-0.1, -0.05) is 18.2 Å². The maximum Gasteiger partial charge on any atom is 0.157 e. The van der Waals surface area contributed by atoms with Crippen LogP contribution in [0.1, 0.15) is 30.4 Å². The fraction of sp³-hybridized carbons (Fsp3) is 0.579. The van der Waals surface area contributed by atoms with Crippen molar-refractivity contribution in [3.8, 4) is 5.75 Å². The Hall–Kier alpha value is -1.32. The van der Waals surface area contributed by atoms with Crippen LogP contribution in [0.2, 0.25) is 0 Å². The molecule has 22 heavy (non-hydrogen) atoms. The third-order valence-corrected chi connectivity index (χ3v) is 5.72. The Morgan fingerprint density at radius 3 is 2.68 bits per heavy atom. The Kier molecular flexibility index (Phi) is 3.50. The summed E-state index contributed by atoms with van der Waals surface area (Å²) >= 11 is 0. The number of aryl methyl sites for hydroxylation is 2. The van der Waals surface area contributed by atoms with Crippen molar-refractivity contribution in [3.63, 3.8) is 0 Å². The Labute approximate surface area is 131 Å². The first-order valence-electron chi connectivity index (χ1n) is 8.35. The summed E-state index contributed by atoms with van der Waals surface area (Å²) in [6.07, 6.45) is 9.00. The number of phenolic OH excluding ortho intramolecular Hbond substituents is 1. The number of hydrogen-bond donors (Lipinski definition) is 1. The van der Waals surface area contributed by atoms with Gasteiger partial charge in [-0.3, -0.25) is 0 Å². The first kappa shape index (κ1) is 14.3. The van der Waals surface area contributed by atoms with Crippen molar-refractivity contribution in [1.82, 2.24) is 0 Å². The van der Waals surface area contributed by atoms with Crippen molar-refractivity contribution in [2.45, 2.75) is 38.9 Å². The molecule has 2 bridgehead atoms. The molecule has 1 saturated carbocycles. The van der Waals surface area contributed by atoms with Crippen LogP contribution in [-0.2, 0) is 15.9 Å².